The lowest BCUT2D eigenvalue weighted by molar-refractivity contribution is -0.140. The first-order valence-corrected chi connectivity index (χ1v) is 6.15. The van der Waals surface area contributed by atoms with E-state index in [-0.39, 0.29) is 24.5 Å². The van der Waals surface area contributed by atoms with Crippen molar-refractivity contribution in [1.82, 2.24) is 15.5 Å². The third-order valence-electron chi connectivity index (χ3n) is 3.80. The van der Waals surface area contributed by atoms with Gasteiger partial charge < -0.3 is 15.0 Å². The van der Waals surface area contributed by atoms with Crippen LogP contribution in [0.25, 0.3) is 0 Å². The molecule has 0 radical (unpaired) electrons. The highest BCUT2D eigenvalue weighted by molar-refractivity contribution is 6.07. The van der Waals surface area contributed by atoms with Crippen LogP contribution in [0.4, 0.5) is 4.79 Å². The van der Waals surface area contributed by atoms with Gasteiger partial charge in [-0.15, -0.1) is 0 Å². The van der Waals surface area contributed by atoms with Gasteiger partial charge in [-0.05, 0) is 19.3 Å². The van der Waals surface area contributed by atoms with Gasteiger partial charge in [0.1, 0.15) is 11.6 Å². The van der Waals surface area contributed by atoms with Crippen LogP contribution in [0.5, 0.6) is 0 Å². The van der Waals surface area contributed by atoms with E-state index in [1.54, 1.807) is 4.90 Å². The summed E-state index contributed by atoms with van der Waals surface area (Å²) >= 11 is 0. The molecule has 3 heterocycles. The quantitative estimate of drug-likeness (QED) is 0.585. The maximum Gasteiger partial charge on any atom is 0.322 e. The standard InChI is InChI=1S/C11H15N3O4/c15-8(7-2-1-5-18-7)14-4-3-11(6-14)9(16)12-10(17)13-11/h7H,1-6H2,(H2,12,13,16,17)/t7-,11?/m0/s1. The summed E-state index contributed by atoms with van der Waals surface area (Å²) < 4.78 is 5.35. The number of urea groups is 1. The molecule has 2 N–H and O–H groups in total. The van der Waals surface area contributed by atoms with Crippen molar-refractivity contribution in [1.29, 1.82) is 0 Å². The Bertz CT molecular complexity index is 419. The van der Waals surface area contributed by atoms with E-state index in [1.807, 2.05) is 0 Å². The van der Waals surface area contributed by atoms with Crippen molar-refractivity contribution >= 4 is 17.8 Å². The second-order valence-electron chi connectivity index (χ2n) is 5.00. The predicted octanol–water partition coefficient (Wildman–Crippen LogP) is -1.02. The van der Waals surface area contributed by atoms with Crippen LogP contribution >= 0.6 is 0 Å². The monoisotopic (exact) mass is 253 g/mol. The van der Waals surface area contributed by atoms with Crippen molar-refractivity contribution < 1.29 is 19.1 Å². The first-order valence-electron chi connectivity index (χ1n) is 6.15. The van der Waals surface area contributed by atoms with Crippen LogP contribution in [-0.4, -0.2) is 54.1 Å². The number of imide groups is 1. The normalized spacial score (nSPS) is 35.1. The number of hydrogen-bond donors (Lipinski definition) is 2. The zero-order valence-corrected chi connectivity index (χ0v) is 9.90. The second kappa shape index (κ2) is 3.94. The molecule has 7 nitrogen and oxygen atoms in total. The molecular formula is C11H15N3O4. The van der Waals surface area contributed by atoms with Crippen LogP contribution in [0, 0.1) is 0 Å². The molecule has 3 fully saturated rings. The number of ether oxygens (including phenoxy) is 1. The maximum absolute atomic E-state index is 12.1. The van der Waals surface area contributed by atoms with Gasteiger partial charge in [-0.1, -0.05) is 0 Å². The third-order valence-corrected chi connectivity index (χ3v) is 3.80. The number of carbonyl (C=O) groups excluding carboxylic acids is 3. The lowest BCUT2D eigenvalue weighted by Crippen LogP contribution is -2.50. The summed E-state index contributed by atoms with van der Waals surface area (Å²) in [6, 6.07) is -0.480. The maximum atomic E-state index is 12.1. The van der Waals surface area contributed by atoms with Crippen molar-refractivity contribution in [3.63, 3.8) is 0 Å². The van der Waals surface area contributed by atoms with E-state index in [0.29, 0.717) is 19.6 Å². The van der Waals surface area contributed by atoms with Gasteiger partial charge in [0, 0.05) is 13.2 Å². The average molecular weight is 253 g/mol. The van der Waals surface area contributed by atoms with E-state index in [2.05, 4.69) is 10.6 Å². The molecule has 1 spiro atoms. The Balaban J connectivity index is 1.69. The van der Waals surface area contributed by atoms with Crippen LogP contribution < -0.4 is 10.6 Å². The molecule has 4 amide bonds. The van der Waals surface area contributed by atoms with Crippen molar-refractivity contribution in [2.75, 3.05) is 19.7 Å². The van der Waals surface area contributed by atoms with E-state index in [4.69, 9.17) is 4.74 Å². The molecule has 7 heteroatoms. The number of hydrogen-bond acceptors (Lipinski definition) is 4. The molecule has 3 rings (SSSR count). The molecule has 98 valence electrons. The van der Waals surface area contributed by atoms with Gasteiger partial charge in [0.15, 0.2) is 0 Å². The Labute approximate surface area is 104 Å². The van der Waals surface area contributed by atoms with Crippen molar-refractivity contribution in [2.45, 2.75) is 30.9 Å². The predicted molar refractivity (Wildman–Crippen MR) is 59.6 cm³/mol. The van der Waals surface area contributed by atoms with Gasteiger partial charge in [0.2, 0.25) is 0 Å². The summed E-state index contributed by atoms with van der Waals surface area (Å²) in [5, 5.41) is 4.84. The third kappa shape index (κ3) is 1.66. The van der Waals surface area contributed by atoms with Gasteiger partial charge in [0.25, 0.3) is 11.8 Å². The molecule has 18 heavy (non-hydrogen) atoms. The first kappa shape index (κ1) is 11.5. The van der Waals surface area contributed by atoms with E-state index >= 15 is 0 Å². The Morgan fingerprint density at radius 3 is 2.89 bits per heavy atom. The van der Waals surface area contributed by atoms with Gasteiger partial charge in [-0.3, -0.25) is 14.9 Å². The van der Waals surface area contributed by atoms with Crippen LogP contribution in [-0.2, 0) is 14.3 Å². The lowest BCUT2D eigenvalue weighted by atomic mass is 9.99. The minimum absolute atomic E-state index is 0.0710. The largest absolute Gasteiger partial charge is 0.368 e. The zero-order valence-electron chi connectivity index (χ0n) is 9.90. The molecule has 0 aromatic carbocycles. The number of carbonyl (C=O) groups is 3. The topological polar surface area (TPSA) is 87.7 Å². The Kier molecular flexibility index (Phi) is 2.51. The zero-order chi connectivity index (χ0) is 12.8. The molecule has 2 atom stereocenters. The van der Waals surface area contributed by atoms with Gasteiger partial charge in [-0.2, -0.15) is 0 Å². The van der Waals surface area contributed by atoms with E-state index < -0.39 is 11.6 Å². The molecule has 0 aliphatic carbocycles. The molecule has 3 saturated heterocycles. The van der Waals surface area contributed by atoms with E-state index in [9.17, 15) is 14.4 Å². The molecule has 1 unspecified atom stereocenters. The van der Waals surface area contributed by atoms with E-state index in [0.717, 1.165) is 12.8 Å². The molecule has 3 aliphatic heterocycles. The highest BCUT2D eigenvalue weighted by Crippen LogP contribution is 2.26. The fourth-order valence-corrected chi connectivity index (χ4v) is 2.79. The molecule has 3 aliphatic rings. The number of likely N-dealkylation sites (tertiary alicyclic amines) is 1. The Morgan fingerprint density at radius 2 is 2.28 bits per heavy atom. The minimum atomic E-state index is -0.925. The smallest absolute Gasteiger partial charge is 0.322 e. The van der Waals surface area contributed by atoms with Gasteiger partial charge >= 0.3 is 6.03 Å². The number of amides is 4. The second-order valence-corrected chi connectivity index (χ2v) is 5.00. The Morgan fingerprint density at radius 1 is 1.44 bits per heavy atom. The summed E-state index contributed by atoms with van der Waals surface area (Å²) in [6.45, 7) is 1.34. The van der Waals surface area contributed by atoms with Crippen LogP contribution in [0.3, 0.4) is 0 Å². The van der Waals surface area contributed by atoms with Gasteiger partial charge in [0.05, 0.1) is 6.54 Å². The van der Waals surface area contributed by atoms with Crippen LogP contribution in [0.2, 0.25) is 0 Å². The minimum Gasteiger partial charge on any atom is -0.368 e. The summed E-state index contributed by atoms with van der Waals surface area (Å²) in [5.41, 5.74) is -0.925. The Hall–Kier alpha value is -1.63. The summed E-state index contributed by atoms with van der Waals surface area (Å²) in [7, 11) is 0. The summed E-state index contributed by atoms with van der Waals surface area (Å²) in [5.74, 6) is -0.409. The molecule has 0 saturated carbocycles. The lowest BCUT2D eigenvalue weighted by Gasteiger charge is -2.22. The molecule has 0 bridgehead atoms. The highest BCUT2D eigenvalue weighted by atomic mass is 16.5. The number of nitrogens with one attached hydrogen (secondary N) is 2. The fourth-order valence-electron chi connectivity index (χ4n) is 2.79. The van der Waals surface area contributed by atoms with E-state index in [1.165, 1.54) is 0 Å². The van der Waals surface area contributed by atoms with Crippen molar-refractivity contribution in [3.05, 3.63) is 0 Å². The van der Waals surface area contributed by atoms with Crippen LogP contribution in [0.1, 0.15) is 19.3 Å². The summed E-state index contributed by atoms with van der Waals surface area (Å²) in [6.07, 6.45) is 1.72. The summed E-state index contributed by atoms with van der Waals surface area (Å²) in [4.78, 5) is 36.7. The van der Waals surface area contributed by atoms with Gasteiger partial charge in [-0.25, -0.2) is 4.79 Å². The molecular weight excluding hydrogens is 238 g/mol. The van der Waals surface area contributed by atoms with Crippen molar-refractivity contribution in [3.8, 4) is 0 Å². The highest BCUT2D eigenvalue weighted by Gasteiger charge is 2.52. The SMILES string of the molecule is O=C1NC(=O)C2(CCN(C(=O)[C@@H]3CCCO3)C2)N1. The number of nitrogens with zero attached hydrogens (tertiary/aromatic N) is 1. The van der Waals surface area contributed by atoms with Crippen molar-refractivity contribution in [2.24, 2.45) is 0 Å². The molecule has 0 aromatic heterocycles. The first-order chi connectivity index (χ1) is 8.61. The molecule has 0 aromatic rings. The van der Waals surface area contributed by atoms with Crippen LogP contribution in [0.15, 0.2) is 0 Å². The fraction of sp³-hybridized carbons (Fsp3) is 0.727. The number of rotatable bonds is 1. The average Bonchev–Trinajstić information content (AvgIpc) is 3.01.